The molecule has 5 heteroatoms. The van der Waals surface area contributed by atoms with Gasteiger partial charge in [0.1, 0.15) is 0 Å². The van der Waals surface area contributed by atoms with Gasteiger partial charge >= 0.3 is 20.1 Å². The van der Waals surface area contributed by atoms with Crippen molar-refractivity contribution in [2.75, 3.05) is 21.7 Å². The maximum atomic E-state index is 4.22. The molecule has 0 N–H and O–H groups in total. The molecule has 0 amide bonds. The van der Waals surface area contributed by atoms with Crippen molar-refractivity contribution in [2.45, 2.75) is 13.8 Å². The summed E-state index contributed by atoms with van der Waals surface area (Å²) in [4.78, 5) is 11.1. The van der Waals surface area contributed by atoms with E-state index in [0.717, 1.165) is 16.9 Å². The maximum absolute atomic E-state index is 4.22. The maximum Gasteiger partial charge on any atom is 3.00 e. The van der Waals surface area contributed by atoms with E-state index in [1.165, 1.54) is 50.3 Å². The molecule has 0 saturated carbocycles. The van der Waals surface area contributed by atoms with Gasteiger partial charge in [-0.3, -0.25) is 0 Å². The van der Waals surface area contributed by atoms with Gasteiger partial charge in [0.15, 0.2) is 0 Å². The second-order valence-electron chi connectivity index (χ2n) is 10.5. The second-order valence-corrected chi connectivity index (χ2v) is 10.5. The van der Waals surface area contributed by atoms with Gasteiger partial charge in [-0.2, -0.15) is 12.1 Å². The molecule has 42 heavy (non-hydrogen) atoms. The molecule has 6 aromatic rings. The molecule has 0 fully saturated rings. The Morgan fingerprint density at radius 1 is 0.714 bits per heavy atom. The van der Waals surface area contributed by atoms with Crippen LogP contribution >= 0.6 is 0 Å². The van der Waals surface area contributed by atoms with Gasteiger partial charge < -0.3 is 19.7 Å². The first-order valence-electron chi connectivity index (χ1n) is 13.8. The summed E-state index contributed by atoms with van der Waals surface area (Å²) in [6.45, 7) is 6.52. The van der Waals surface area contributed by atoms with Crippen LogP contribution in [0.4, 0.5) is 34.1 Å². The van der Waals surface area contributed by atoms with Crippen LogP contribution in [-0.2, 0) is 20.1 Å². The number of nitrogens with zero attached hydrogens (tertiary/aromatic N) is 4. The second kappa shape index (κ2) is 11.4. The first-order chi connectivity index (χ1) is 20.1. The number of anilines is 6. The van der Waals surface area contributed by atoms with Crippen molar-refractivity contribution < 1.29 is 20.1 Å². The summed E-state index contributed by atoms with van der Waals surface area (Å²) in [6.07, 6.45) is 1.79. The van der Waals surface area contributed by atoms with Crippen LogP contribution in [0.15, 0.2) is 115 Å². The average molecular weight is 722 g/mol. The predicted molar refractivity (Wildman–Crippen MR) is 170 cm³/mol. The van der Waals surface area contributed by atoms with Gasteiger partial charge in [-0.1, -0.05) is 48.2 Å². The Morgan fingerprint density at radius 3 is 2.24 bits per heavy atom. The Kier molecular flexibility index (Phi) is 7.55. The normalized spacial score (nSPS) is 12.7. The van der Waals surface area contributed by atoms with Crippen LogP contribution in [0.1, 0.15) is 11.1 Å². The number of hydrogen-bond donors (Lipinski definition) is 0. The number of aryl methyl sites for hydroxylation is 2. The third-order valence-electron chi connectivity index (χ3n) is 7.60. The number of aromatic nitrogens is 1. The number of fused-ring (bicyclic) bond motifs is 4. The summed E-state index contributed by atoms with van der Waals surface area (Å²) in [5.74, 6) is 0. The Labute approximate surface area is 261 Å². The van der Waals surface area contributed by atoms with Gasteiger partial charge in [0.2, 0.25) is 0 Å². The SMILES string of the molecule is Cc1cc(C)cc(N2[CH-]N3c4[c-]cc5ccccc5c4N(C)c4cccc2c43)c1.[Ir+3].[c-]1ccccc1-c1ccccn1. The molecule has 5 aromatic carbocycles. The molecule has 0 saturated heterocycles. The van der Waals surface area contributed by atoms with Crippen molar-refractivity contribution in [2.24, 2.45) is 0 Å². The summed E-state index contributed by atoms with van der Waals surface area (Å²) >= 11 is 0. The minimum absolute atomic E-state index is 0. The van der Waals surface area contributed by atoms with Gasteiger partial charge in [0.25, 0.3) is 0 Å². The molecular formula is C37H29IrN4. The van der Waals surface area contributed by atoms with Crippen LogP contribution in [-0.4, -0.2) is 12.0 Å². The predicted octanol–water partition coefficient (Wildman–Crippen LogP) is 9.29. The van der Waals surface area contributed by atoms with Crippen LogP contribution in [0, 0.1) is 32.6 Å². The Bertz CT molecular complexity index is 1810. The zero-order valence-corrected chi connectivity index (χ0v) is 26.1. The van der Waals surface area contributed by atoms with Gasteiger partial charge in [-0.25, -0.2) is 0 Å². The molecule has 1 aromatic heterocycles. The zero-order chi connectivity index (χ0) is 27.9. The fraction of sp³-hybridized carbons (Fsp3) is 0.0811. The van der Waals surface area contributed by atoms with Crippen LogP contribution in [0.2, 0.25) is 0 Å². The number of hydrogen-bond acceptors (Lipinski definition) is 4. The number of benzene rings is 5. The van der Waals surface area contributed by atoms with E-state index >= 15 is 0 Å². The molecule has 0 unspecified atom stereocenters. The molecule has 2 aliphatic heterocycles. The molecule has 0 spiro atoms. The first-order valence-corrected chi connectivity index (χ1v) is 13.8. The molecule has 0 bridgehead atoms. The smallest absolute Gasteiger partial charge is 0.490 e. The van der Waals surface area contributed by atoms with E-state index in [-0.39, 0.29) is 20.1 Å². The number of pyridine rings is 1. The van der Waals surface area contributed by atoms with Crippen molar-refractivity contribution >= 4 is 44.9 Å². The quantitative estimate of drug-likeness (QED) is 0.166. The standard InChI is InChI=1S/C26H21N3.C11H8N.Ir/c1-17-13-18(2)15-20(14-17)28-16-29-24-12-11-19-7-4-5-8-21(19)25(24)27(3)22-9-6-10-23(28)26(22)29;1-2-6-10(7-3-1)11-8-4-5-9-12-11;/h4-11,13-16H,1-3H3;1-6,8-9H;/q-2;-1;+3. The van der Waals surface area contributed by atoms with Crippen LogP contribution < -0.4 is 14.7 Å². The largest absolute Gasteiger partial charge is 3.00 e. The minimum atomic E-state index is 0. The molecule has 0 aliphatic carbocycles. The molecule has 0 atom stereocenters. The Morgan fingerprint density at radius 2 is 1.48 bits per heavy atom. The summed E-state index contributed by atoms with van der Waals surface area (Å²) in [7, 11) is 2.16. The summed E-state index contributed by atoms with van der Waals surface area (Å²) < 4.78 is 0. The van der Waals surface area contributed by atoms with Crippen molar-refractivity contribution in [1.29, 1.82) is 0 Å². The molecule has 206 valence electrons. The van der Waals surface area contributed by atoms with Gasteiger partial charge in [-0.05, 0) is 73.7 Å². The van der Waals surface area contributed by atoms with Gasteiger partial charge in [0.05, 0.1) is 11.4 Å². The third-order valence-corrected chi connectivity index (χ3v) is 7.60. The number of para-hydroxylation sites is 1. The molecule has 8 rings (SSSR count). The van der Waals surface area contributed by atoms with E-state index in [0.29, 0.717) is 0 Å². The van der Waals surface area contributed by atoms with E-state index in [9.17, 15) is 0 Å². The van der Waals surface area contributed by atoms with Crippen LogP contribution in [0.3, 0.4) is 0 Å². The van der Waals surface area contributed by atoms with Crippen molar-refractivity contribution in [3.05, 3.63) is 145 Å². The van der Waals surface area contributed by atoms with Crippen molar-refractivity contribution in [3.8, 4) is 11.3 Å². The molecule has 2 aliphatic rings. The summed E-state index contributed by atoms with van der Waals surface area (Å²) in [5, 5.41) is 2.46. The summed E-state index contributed by atoms with van der Waals surface area (Å²) in [5.41, 5.74) is 11.7. The third kappa shape index (κ3) is 4.85. The van der Waals surface area contributed by atoms with Gasteiger partial charge in [-0.15, -0.1) is 59.4 Å². The average Bonchev–Trinajstić information content (AvgIpc) is 3.41. The molecule has 4 nitrogen and oxygen atoms in total. The topological polar surface area (TPSA) is 22.6 Å². The monoisotopic (exact) mass is 722 g/mol. The Hall–Kier alpha value is -4.44. The van der Waals surface area contributed by atoms with E-state index < -0.39 is 0 Å². The van der Waals surface area contributed by atoms with E-state index in [1.54, 1.807) is 6.20 Å². The molecule has 0 radical (unpaired) electrons. The van der Waals surface area contributed by atoms with E-state index in [4.69, 9.17) is 0 Å². The summed E-state index contributed by atoms with van der Waals surface area (Å²) in [6, 6.07) is 44.3. The van der Waals surface area contributed by atoms with E-state index in [1.807, 2.05) is 42.5 Å². The van der Waals surface area contributed by atoms with Crippen molar-refractivity contribution in [1.82, 2.24) is 4.98 Å². The van der Waals surface area contributed by atoms with Crippen LogP contribution in [0.5, 0.6) is 0 Å². The van der Waals surface area contributed by atoms with Gasteiger partial charge in [0, 0.05) is 17.6 Å². The molecule has 3 heterocycles. The fourth-order valence-electron chi connectivity index (χ4n) is 5.83. The fourth-order valence-corrected chi connectivity index (χ4v) is 5.83. The minimum Gasteiger partial charge on any atom is -0.490 e. The Balaban J connectivity index is 0.000000205. The van der Waals surface area contributed by atoms with Crippen molar-refractivity contribution in [3.63, 3.8) is 0 Å². The van der Waals surface area contributed by atoms with E-state index in [2.05, 4.69) is 126 Å². The first kappa shape index (κ1) is 27.7. The number of rotatable bonds is 2. The zero-order valence-electron chi connectivity index (χ0n) is 23.7. The van der Waals surface area contributed by atoms with Crippen LogP contribution in [0.25, 0.3) is 22.0 Å². The molecular weight excluding hydrogens is 693 g/mol.